The SMILES string of the molecule is Cc1ccc(-c2ccn3nccc3c2)c2[nH]ccc12. The molecule has 0 amide bonds. The van der Waals surface area contributed by atoms with Gasteiger partial charge in [-0.25, -0.2) is 4.52 Å². The topological polar surface area (TPSA) is 33.1 Å². The van der Waals surface area contributed by atoms with Gasteiger partial charge in [-0.15, -0.1) is 0 Å². The van der Waals surface area contributed by atoms with Crippen molar-refractivity contribution in [3.63, 3.8) is 0 Å². The molecule has 92 valence electrons. The number of pyridine rings is 1. The molecular formula is C16H13N3. The first-order chi connectivity index (χ1) is 9.33. The van der Waals surface area contributed by atoms with Gasteiger partial charge in [-0.2, -0.15) is 5.10 Å². The Morgan fingerprint density at radius 1 is 1.11 bits per heavy atom. The van der Waals surface area contributed by atoms with Gasteiger partial charge in [0.2, 0.25) is 0 Å². The molecular weight excluding hydrogens is 234 g/mol. The highest BCUT2D eigenvalue weighted by Crippen LogP contribution is 2.30. The van der Waals surface area contributed by atoms with Crippen LogP contribution in [-0.4, -0.2) is 14.6 Å². The largest absolute Gasteiger partial charge is 0.361 e. The molecule has 1 N–H and O–H groups in total. The van der Waals surface area contributed by atoms with E-state index in [4.69, 9.17) is 0 Å². The maximum atomic E-state index is 4.23. The quantitative estimate of drug-likeness (QED) is 0.545. The van der Waals surface area contributed by atoms with Gasteiger partial charge in [0.25, 0.3) is 0 Å². The molecule has 3 heteroatoms. The molecule has 3 nitrogen and oxygen atoms in total. The number of hydrogen-bond acceptors (Lipinski definition) is 1. The van der Waals surface area contributed by atoms with Crippen molar-refractivity contribution >= 4 is 16.4 Å². The smallest absolute Gasteiger partial charge is 0.0667 e. The van der Waals surface area contributed by atoms with Gasteiger partial charge in [-0.1, -0.05) is 12.1 Å². The van der Waals surface area contributed by atoms with Crippen LogP contribution in [0.15, 0.2) is 55.0 Å². The number of aryl methyl sites for hydroxylation is 1. The maximum Gasteiger partial charge on any atom is 0.0667 e. The number of aromatic amines is 1. The number of H-pyrrole nitrogens is 1. The van der Waals surface area contributed by atoms with Crippen LogP contribution in [0, 0.1) is 6.92 Å². The summed E-state index contributed by atoms with van der Waals surface area (Å²) in [6, 6.07) is 12.8. The Hall–Kier alpha value is -2.55. The van der Waals surface area contributed by atoms with E-state index in [1.807, 2.05) is 29.2 Å². The van der Waals surface area contributed by atoms with Gasteiger partial charge in [0.05, 0.1) is 11.0 Å². The molecule has 0 saturated heterocycles. The molecule has 0 saturated carbocycles. The molecule has 4 aromatic rings. The van der Waals surface area contributed by atoms with Crippen LogP contribution in [0.2, 0.25) is 0 Å². The predicted molar refractivity (Wildman–Crippen MR) is 77.2 cm³/mol. The Balaban J connectivity index is 2.03. The number of fused-ring (bicyclic) bond motifs is 2. The van der Waals surface area contributed by atoms with E-state index in [9.17, 15) is 0 Å². The van der Waals surface area contributed by atoms with Crippen molar-refractivity contribution < 1.29 is 0 Å². The van der Waals surface area contributed by atoms with Gasteiger partial charge in [0.1, 0.15) is 0 Å². The van der Waals surface area contributed by atoms with Gasteiger partial charge < -0.3 is 4.98 Å². The molecule has 0 aliphatic carbocycles. The number of nitrogens with one attached hydrogen (secondary N) is 1. The normalized spacial score (nSPS) is 11.4. The lowest BCUT2D eigenvalue weighted by Crippen LogP contribution is -1.88. The summed E-state index contributed by atoms with van der Waals surface area (Å²) in [5.74, 6) is 0. The number of nitrogens with zero attached hydrogens (tertiary/aromatic N) is 2. The van der Waals surface area contributed by atoms with Crippen LogP contribution >= 0.6 is 0 Å². The number of rotatable bonds is 1. The van der Waals surface area contributed by atoms with Crippen LogP contribution in [0.1, 0.15) is 5.56 Å². The van der Waals surface area contributed by atoms with E-state index < -0.39 is 0 Å². The van der Waals surface area contributed by atoms with Crippen LogP contribution in [0.3, 0.4) is 0 Å². The fourth-order valence-electron chi connectivity index (χ4n) is 2.63. The standard InChI is InChI=1S/C16H13N3/c1-11-2-3-15(16-14(11)5-7-17-16)12-6-9-19-13(10-12)4-8-18-19/h2-10,17H,1H3. The zero-order valence-electron chi connectivity index (χ0n) is 10.6. The fourth-order valence-corrected chi connectivity index (χ4v) is 2.63. The molecule has 0 aliphatic heterocycles. The van der Waals surface area contributed by atoms with E-state index in [0.29, 0.717) is 0 Å². The molecule has 0 aliphatic rings. The molecule has 3 aromatic heterocycles. The van der Waals surface area contributed by atoms with Gasteiger partial charge in [-0.05, 0) is 42.3 Å². The van der Waals surface area contributed by atoms with E-state index in [-0.39, 0.29) is 0 Å². The highest BCUT2D eigenvalue weighted by Gasteiger charge is 2.07. The summed E-state index contributed by atoms with van der Waals surface area (Å²) in [6.07, 6.45) is 5.82. The molecule has 4 rings (SSSR count). The third-order valence-corrected chi connectivity index (χ3v) is 3.65. The Morgan fingerprint density at radius 2 is 2.05 bits per heavy atom. The average molecular weight is 247 g/mol. The van der Waals surface area contributed by atoms with Crippen molar-refractivity contribution in [3.05, 3.63) is 60.6 Å². The maximum absolute atomic E-state index is 4.23. The van der Waals surface area contributed by atoms with Crippen molar-refractivity contribution in [1.29, 1.82) is 0 Å². The lowest BCUT2D eigenvalue weighted by molar-refractivity contribution is 0.962. The van der Waals surface area contributed by atoms with E-state index in [2.05, 4.69) is 47.3 Å². The highest BCUT2D eigenvalue weighted by atomic mass is 15.2. The second-order valence-electron chi connectivity index (χ2n) is 4.81. The summed E-state index contributed by atoms with van der Waals surface area (Å²) in [4.78, 5) is 3.35. The van der Waals surface area contributed by atoms with Gasteiger partial charge in [-0.3, -0.25) is 0 Å². The van der Waals surface area contributed by atoms with Gasteiger partial charge >= 0.3 is 0 Å². The molecule has 0 radical (unpaired) electrons. The first-order valence-electron chi connectivity index (χ1n) is 6.33. The second kappa shape index (κ2) is 3.72. The summed E-state index contributed by atoms with van der Waals surface area (Å²) in [6.45, 7) is 2.14. The van der Waals surface area contributed by atoms with Crippen molar-refractivity contribution in [2.24, 2.45) is 0 Å². The Bertz CT molecular complexity index is 883. The van der Waals surface area contributed by atoms with E-state index in [0.717, 1.165) is 5.52 Å². The third-order valence-electron chi connectivity index (χ3n) is 3.65. The fraction of sp³-hybridized carbons (Fsp3) is 0.0625. The van der Waals surface area contributed by atoms with Crippen LogP contribution in [-0.2, 0) is 0 Å². The predicted octanol–water partition coefficient (Wildman–Crippen LogP) is 3.79. The summed E-state index contributed by atoms with van der Waals surface area (Å²) in [5.41, 5.74) is 6.04. The van der Waals surface area contributed by atoms with Crippen LogP contribution in [0.25, 0.3) is 27.5 Å². The monoisotopic (exact) mass is 247 g/mol. The van der Waals surface area contributed by atoms with E-state index in [1.54, 1.807) is 0 Å². The van der Waals surface area contributed by atoms with E-state index in [1.165, 1.54) is 27.6 Å². The van der Waals surface area contributed by atoms with Gasteiger partial charge in [0, 0.05) is 29.5 Å². The number of benzene rings is 1. The third kappa shape index (κ3) is 1.48. The lowest BCUT2D eigenvalue weighted by Gasteiger charge is -2.06. The Morgan fingerprint density at radius 3 is 3.00 bits per heavy atom. The minimum absolute atomic E-state index is 1.11. The highest BCUT2D eigenvalue weighted by molar-refractivity contribution is 5.96. The summed E-state index contributed by atoms with van der Waals surface area (Å²) in [5, 5.41) is 5.51. The number of aromatic nitrogens is 3. The molecule has 19 heavy (non-hydrogen) atoms. The lowest BCUT2D eigenvalue weighted by atomic mass is 10.0. The zero-order chi connectivity index (χ0) is 12.8. The van der Waals surface area contributed by atoms with Crippen molar-refractivity contribution in [2.75, 3.05) is 0 Å². The van der Waals surface area contributed by atoms with Crippen molar-refractivity contribution in [2.45, 2.75) is 6.92 Å². The first-order valence-corrected chi connectivity index (χ1v) is 6.33. The first kappa shape index (κ1) is 10.4. The zero-order valence-corrected chi connectivity index (χ0v) is 10.6. The van der Waals surface area contributed by atoms with Gasteiger partial charge in [0.15, 0.2) is 0 Å². The Kier molecular flexibility index (Phi) is 2.03. The minimum Gasteiger partial charge on any atom is -0.361 e. The molecule has 1 aromatic carbocycles. The average Bonchev–Trinajstić information content (AvgIpc) is 3.07. The van der Waals surface area contributed by atoms with Crippen molar-refractivity contribution in [3.8, 4) is 11.1 Å². The van der Waals surface area contributed by atoms with Crippen LogP contribution in [0.4, 0.5) is 0 Å². The molecule has 0 bridgehead atoms. The molecule has 3 heterocycles. The minimum atomic E-state index is 1.11. The van der Waals surface area contributed by atoms with Crippen molar-refractivity contribution in [1.82, 2.24) is 14.6 Å². The second-order valence-corrected chi connectivity index (χ2v) is 4.81. The summed E-state index contributed by atoms with van der Waals surface area (Å²) >= 11 is 0. The summed E-state index contributed by atoms with van der Waals surface area (Å²) < 4.78 is 1.88. The molecule has 0 unspecified atom stereocenters. The number of hydrogen-bond donors (Lipinski definition) is 1. The van der Waals surface area contributed by atoms with E-state index >= 15 is 0 Å². The Labute approximate surface area is 110 Å². The summed E-state index contributed by atoms with van der Waals surface area (Å²) in [7, 11) is 0. The molecule has 0 fully saturated rings. The molecule has 0 atom stereocenters. The molecule has 0 spiro atoms. The van der Waals surface area contributed by atoms with Crippen LogP contribution in [0.5, 0.6) is 0 Å². The van der Waals surface area contributed by atoms with Crippen LogP contribution < -0.4 is 0 Å².